The van der Waals surface area contributed by atoms with Gasteiger partial charge in [-0.15, -0.1) is 0 Å². The van der Waals surface area contributed by atoms with Gasteiger partial charge in [0.15, 0.2) is 0 Å². The van der Waals surface area contributed by atoms with Crippen LogP contribution in [0.4, 0.5) is 0 Å². The third kappa shape index (κ3) is 2.14. The Bertz CT molecular complexity index is 840. The van der Waals surface area contributed by atoms with Crippen molar-refractivity contribution in [3.8, 4) is 0 Å². The smallest absolute Gasteiger partial charge is 0.306 e. The lowest BCUT2D eigenvalue weighted by Crippen LogP contribution is -2.37. The van der Waals surface area contributed by atoms with Crippen LogP contribution in [0, 0.1) is 0 Å². The summed E-state index contributed by atoms with van der Waals surface area (Å²) in [5.74, 6) is -1.58. The summed E-state index contributed by atoms with van der Waals surface area (Å²) in [6.07, 6.45) is -3.55. The summed E-state index contributed by atoms with van der Waals surface area (Å²) in [7, 11) is 0. The molecule has 21 heavy (non-hydrogen) atoms. The van der Waals surface area contributed by atoms with Crippen LogP contribution in [-0.4, -0.2) is 22.7 Å². The summed E-state index contributed by atoms with van der Waals surface area (Å²) in [6, 6.07) is 5.30. The number of hydrogen-bond acceptors (Lipinski definition) is 2. The number of aromatic nitrogens is 1. The van der Waals surface area contributed by atoms with Crippen molar-refractivity contribution >= 4 is 16.9 Å². The van der Waals surface area contributed by atoms with Gasteiger partial charge in [0.05, 0.1) is 18.7 Å². The molecule has 1 aliphatic rings. The molecule has 1 aliphatic heterocycles. The van der Waals surface area contributed by atoms with E-state index in [1.54, 1.807) is 19.1 Å². The van der Waals surface area contributed by atoms with Gasteiger partial charge >= 0.3 is 5.97 Å². The summed E-state index contributed by atoms with van der Waals surface area (Å²) < 4.78 is 38.1. The minimum Gasteiger partial charge on any atom is -0.481 e. The van der Waals surface area contributed by atoms with E-state index < -0.39 is 24.3 Å². The molecule has 0 saturated carbocycles. The van der Waals surface area contributed by atoms with E-state index in [1.165, 1.54) is 6.92 Å². The second-order valence-electron chi connectivity index (χ2n) is 5.17. The molecule has 0 saturated heterocycles. The van der Waals surface area contributed by atoms with Crippen molar-refractivity contribution < 1.29 is 20.1 Å². The van der Waals surface area contributed by atoms with Crippen molar-refractivity contribution in [2.75, 3.05) is 6.61 Å². The molecule has 0 unspecified atom stereocenters. The van der Waals surface area contributed by atoms with Gasteiger partial charge in [0, 0.05) is 16.4 Å². The van der Waals surface area contributed by atoms with Crippen LogP contribution >= 0.6 is 0 Å². The topological polar surface area (TPSA) is 62.3 Å². The molecular formula is C17H21NO3. The summed E-state index contributed by atoms with van der Waals surface area (Å²) in [5.41, 5.74) is 0.605. The van der Waals surface area contributed by atoms with Gasteiger partial charge in [-0.1, -0.05) is 32.0 Å². The molecule has 1 aromatic heterocycles. The van der Waals surface area contributed by atoms with Crippen molar-refractivity contribution in [2.45, 2.75) is 45.0 Å². The van der Waals surface area contributed by atoms with Gasteiger partial charge in [-0.05, 0) is 30.3 Å². The fourth-order valence-corrected chi connectivity index (χ4v) is 3.12. The van der Waals surface area contributed by atoms with Gasteiger partial charge in [-0.2, -0.15) is 0 Å². The third-order valence-electron chi connectivity index (χ3n) is 4.12. The van der Waals surface area contributed by atoms with Crippen molar-refractivity contribution in [3.63, 3.8) is 0 Å². The highest BCUT2D eigenvalue weighted by Gasteiger charge is 2.40. The molecule has 4 nitrogen and oxygen atoms in total. The maximum absolute atomic E-state index is 11.6. The van der Waals surface area contributed by atoms with Crippen LogP contribution in [-0.2, 0) is 27.9 Å². The van der Waals surface area contributed by atoms with E-state index in [-0.39, 0.29) is 13.0 Å². The Morgan fingerprint density at radius 2 is 2.33 bits per heavy atom. The van der Waals surface area contributed by atoms with E-state index in [0.717, 1.165) is 10.9 Å². The van der Waals surface area contributed by atoms with Crippen LogP contribution in [0.15, 0.2) is 18.2 Å². The Hall–Kier alpha value is -1.81. The van der Waals surface area contributed by atoms with Gasteiger partial charge in [-0.25, -0.2) is 0 Å². The maximum Gasteiger partial charge on any atom is 0.306 e. The number of carbonyl (C=O) groups is 1. The van der Waals surface area contributed by atoms with E-state index in [2.05, 4.69) is 4.98 Å². The van der Waals surface area contributed by atoms with Crippen LogP contribution < -0.4 is 0 Å². The molecule has 0 aliphatic carbocycles. The van der Waals surface area contributed by atoms with Crippen LogP contribution in [0.1, 0.15) is 48.9 Å². The summed E-state index contributed by atoms with van der Waals surface area (Å²) in [5, 5.41) is 10.2. The zero-order valence-electron chi connectivity index (χ0n) is 16.1. The molecule has 1 atom stereocenters. The molecule has 0 amide bonds. The molecular weight excluding hydrogens is 266 g/mol. The molecule has 112 valence electrons. The zero-order valence-corrected chi connectivity index (χ0v) is 12.1. The van der Waals surface area contributed by atoms with E-state index >= 15 is 0 Å². The summed E-state index contributed by atoms with van der Waals surface area (Å²) in [6.45, 7) is 3.37. The molecule has 2 N–H and O–H groups in total. The summed E-state index contributed by atoms with van der Waals surface area (Å²) >= 11 is 0. The van der Waals surface area contributed by atoms with Crippen molar-refractivity contribution in [1.82, 2.24) is 4.98 Å². The molecule has 3 rings (SSSR count). The lowest BCUT2D eigenvalue weighted by atomic mass is 9.86. The average molecular weight is 291 g/mol. The van der Waals surface area contributed by atoms with E-state index in [9.17, 15) is 9.90 Å². The number of nitrogens with one attached hydrogen (secondary N) is 1. The first-order valence-corrected chi connectivity index (χ1v) is 7.08. The SMILES string of the molecule is [2H]C([2H])(C)c1cccc2c3c([nH]c12)[C@@](CC)(C([2H])([2H])C(=O)O)OCC3. The van der Waals surface area contributed by atoms with Crippen molar-refractivity contribution in [3.05, 3.63) is 35.0 Å². The molecule has 2 heterocycles. The van der Waals surface area contributed by atoms with Crippen LogP contribution in [0.5, 0.6) is 0 Å². The Morgan fingerprint density at radius 3 is 3.00 bits per heavy atom. The molecule has 0 radical (unpaired) electrons. The van der Waals surface area contributed by atoms with Gasteiger partial charge in [0.2, 0.25) is 0 Å². The van der Waals surface area contributed by atoms with E-state index in [1.807, 2.05) is 6.07 Å². The number of para-hydroxylation sites is 1. The van der Waals surface area contributed by atoms with E-state index in [4.69, 9.17) is 10.2 Å². The molecule has 0 fully saturated rings. The standard InChI is InChI=1S/C17H21NO3/c1-3-11-6-5-7-12-13-8-9-21-17(4-2,10-14(19)20)16(13)18-15(11)12/h5-7,18H,3-4,8-10H2,1-2H3,(H,19,20)/t17-/m1/s1/i3D2,10D2. The first-order valence-electron chi connectivity index (χ1n) is 9.08. The predicted octanol–water partition coefficient (Wildman–Crippen LogP) is 3.38. The quantitative estimate of drug-likeness (QED) is 0.907. The third-order valence-corrected chi connectivity index (χ3v) is 4.12. The number of carboxylic acid groups (broad SMARTS) is 1. The number of hydrogen-bond donors (Lipinski definition) is 2. The first kappa shape index (κ1) is 10.0. The van der Waals surface area contributed by atoms with Gasteiger partial charge < -0.3 is 14.8 Å². The predicted molar refractivity (Wildman–Crippen MR) is 81.6 cm³/mol. The summed E-state index contributed by atoms with van der Waals surface area (Å²) in [4.78, 5) is 14.7. The second kappa shape index (κ2) is 5.19. The Kier molecular flexibility index (Phi) is 2.47. The molecule has 4 heteroatoms. The fraction of sp³-hybridized carbons (Fsp3) is 0.471. The normalized spacial score (nSPS) is 25.6. The first-order chi connectivity index (χ1) is 11.6. The number of aliphatic carboxylic acids is 1. The number of benzene rings is 1. The maximum atomic E-state index is 11.6. The van der Waals surface area contributed by atoms with Crippen molar-refractivity contribution in [1.29, 1.82) is 0 Å². The van der Waals surface area contributed by atoms with Crippen LogP contribution in [0.3, 0.4) is 0 Å². The number of H-pyrrole nitrogens is 1. The molecule has 1 aromatic carbocycles. The van der Waals surface area contributed by atoms with Gasteiger partial charge in [-0.3, -0.25) is 4.79 Å². The highest BCUT2D eigenvalue weighted by Crippen LogP contribution is 2.42. The Labute approximate surface area is 129 Å². The molecule has 0 spiro atoms. The molecule has 2 aromatic rings. The Balaban J connectivity index is 2.35. The average Bonchev–Trinajstić information content (AvgIpc) is 2.92. The monoisotopic (exact) mass is 291 g/mol. The van der Waals surface area contributed by atoms with Crippen molar-refractivity contribution in [2.24, 2.45) is 0 Å². The number of carboxylic acids is 1. The number of aromatic amines is 1. The lowest BCUT2D eigenvalue weighted by molar-refractivity contribution is -0.148. The molecule has 0 bridgehead atoms. The second-order valence-corrected chi connectivity index (χ2v) is 5.17. The van der Waals surface area contributed by atoms with E-state index in [0.29, 0.717) is 23.2 Å². The number of aryl methyl sites for hydroxylation is 1. The van der Waals surface area contributed by atoms with Gasteiger partial charge in [0.1, 0.15) is 5.60 Å². The Morgan fingerprint density at radius 1 is 1.52 bits per heavy atom. The number of rotatable bonds is 4. The minimum absolute atomic E-state index is 0.139. The lowest BCUT2D eigenvalue weighted by Gasteiger charge is -2.35. The van der Waals surface area contributed by atoms with Crippen LogP contribution in [0.25, 0.3) is 10.9 Å². The zero-order chi connectivity index (χ0) is 18.6. The number of fused-ring (bicyclic) bond motifs is 3. The highest BCUT2D eigenvalue weighted by atomic mass is 16.5. The minimum atomic E-state index is -2.62. The van der Waals surface area contributed by atoms with Crippen LogP contribution in [0.2, 0.25) is 0 Å². The number of ether oxygens (including phenoxy) is 1. The highest BCUT2D eigenvalue weighted by molar-refractivity contribution is 5.88. The fourth-order valence-electron chi connectivity index (χ4n) is 3.12. The largest absolute Gasteiger partial charge is 0.481 e. The van der Waals surface area contributed by atoms with Gasteiger partial charge in [0.25, 0.3) is 0 Å².